The number of rotatable bonds is 9. The Bertz CT molecular complexity index is 993. The van der Waals surface area contributed by atoms with Crippen LogP contribution in [-0.2, 0) is 6.42 Å². The summed E-state index contributed by atoms with van der Waals surface area (Å²) in [6, 6.07) is 13.5. The average Bonchev–Trinajstić information content (AvgIpc) is 3.18. The summed E-state index contributed by atoms with van der Waals surface area (Å²) >= 11 is 1.25. The third-order valence-electron chi connectivity index (χ3n) is 3.87. The minimum atomic E-state index is -0.601. The predicted molar refractivity (Wildman–Crippen MR) is 108 cm³/mol. The number of nitro groups is 1. The molecule has 0 fully saturated rings. The molecule has 0 saturated heterocycles. The van der Waals surface area contributed by atoms with E-state index in [-0.39, 0.29) is 17.0 Å². The van der Waals surface area contributed by atoms with E-state index in [4.69, 9.17) is 9.47 Å². The minimum Gasteiger partial charge on any atom is -0.494 e. The Hall–Kier alpha value is -3.53. The number of para-hydroxylation sites is 1. The second kappa shape index (κ2) is 9.60. The number of hydrogen-bond donors (Lipinski definition) is 1. The van der Waals surface area contributed by atoms with Crippen molar-refractivity contribution in [2.24, 2.45) is 0 Å². The fourth-order valence-electron chi connectivity index (χ4n) is 2.48. The molecule has 0 atom stereocenters. The molecule has 0 spiro atoms. The maximum Gasteiger partial charge on any atom is 0.311 e. The molecule has 150 valence electrons. The largest absolute Gasteiger partial charge is 0.494 e. The summed E-state index contributed by atoms with van der Waals surface area (Å²) in [6.45, 7) is 0.542. The van der Waals surface area contributed by atoms with E-state index in [9.17, 15) is 14.9 Å². The summed E-state index contributed by atoms with van der Waals surface area (Å²) in [5, 5.41) is 22.8. The number of nitro benzene ring substituents is 1. The highest BCUT2D eigenvalue weighted by Crippen LogP contribution is 2.28. The van der Waals surface area contributed by atoms with Crippen LogP contribution in [0.4, 0.5) is 10.8 Å². The van der Waals surface area contributed by atoms with Crippen LogP contribution in [0.25, 0.3) is 0 Å². The summed E-state index contributed by atoms with van der Waals surface area (Å²) in [4.78, 5) is 22.9. The zero-order chi connectivity index (χ0) is 20.6. The number of carbonyl (C=O) groups excluding carboxylic acids is 1. The lowest BCUT2D eigenvalue weighted by Crippen LogP contribution is -2.12. The Kier molecular flexibility index (Phi) is 6.69. The summed E-state index contributed by atoms with van der Waals surface area (Å²) in [7, 11) is 1.33. The molecule has 1 N–H and O–H groups in total. The fraction of sp³-hybridized carbons (Fsp3) is 0.211. The van der Waals surface area contributed by atoms with Gasteiger partial charge >= 0.3 is 5.69 Å². The van der Waals surface area contributed by atoms with E-state index in [0.29, 0.717) is 18.2 Å². The Morgan fingerprint density at radius 1 is 1.21 bits per heavy atom. The molecule has 10 heteroatoms. The van der Waals surface area contributed by atoms with Gasteiger partial charge in [0.25, 0.3) is 5.91 Å². The van der Waals surface area contributed by atoms with Gasteiger partial charge in [-0.25, -0.2) is 0 Å². The summed E-state index contributed by atoms with van der Waals surface area (Å²) in [5.74, 6) is 0.389. The van der Waals surface area contributed by atoms with Crippen LogP contribution in [0.1, 0.15) is 21.8 Å². The lowest BCUT2D eigenvalue weighted by molar-refractivity contribution is -0.385. The van der Waals surface area contributed by atoms with Crippen LogP contribution in [0, 0.1) is 10.1 Å². The number of nitrogens with one attached hydrogen (secondary N) is 1. The molecule has 9 nitrogen and oxygen atoms in total. The maximum absolute atomic E-state index is 12.4. The quantitative estimate of drug-likeness (QED) is 0.322. The molecule has 1 amide bonds. The van der Waals surface area contributed by atoms with E-state index in [0.717, 1.165) is 23.2 Å². The van der Waals surface area contributed by atoms with Gasteiger partial charge in [-0.1, -0.05) is 29.5 Å². The van der Waals surface area contributed by atoms with Crippen molar-refractivity contribution in [3.05, 3.63) is 69.2 Å². The second-order valence-electron chi connectivity index (χ2n) is 5.86. The molecule has 2 aromatic carbocycles. The number of amides is 1. The van der Waals surface area contributed by atoms with Gasteiger partial charge in [0, 0.05) is 18.1 Å². The molecule has 0 aliphatic carbocycles. The number of hydrogen-bond acceptors (Lipinski definition) is 8. The van der Waals surface area contributed by atoms with Crippen LogP contribution in [-0.4, -0.2) is 34.7 Å². The van der Waals surface area contributed by atoms with Crippen molar-refractivity contribution in [1.29, 1.82) is 0 Å². The molecule has 0 saturated carbocycles. The number of benzene rings is 2. The highest BCUT2D eigenvalue weighted by Gasteiger charge is 2.19. The van der Waals surface area contributed by atoms with Crippen molar-refractivity contribution in [2.75, 3.05) is 19.0 Å². The lowest BCUT2D eigenvalue weighted by Gasteiger charge is -2.04. The highest BCUT2D eigenvalue weighted by atomic mass is 32.1. The molecule has 0 radical (unpaired) electrons. The van der Waals surface area contributed by atoms with Crippen LogP contribution in [0.3, 0.4) is 0 Å². The van der Waals surface area contributed by atoms with Gasteiger partial charge in [-0.05, 0) is 30.7 Å². The number of aromatic nitrogens is 2. The Morgan fingerprint density at radius 3 is 2.72 bits per heavy atom. The number of aryl methyl sites for hydroxylation is 1. The van der Waals surface area contributed by atoms with Crippen LogP contribution in [0.15, 0.2) is 48.5 Å². The first-order valence-electron chi connectivity index (χ1n) is 8.71. The molecule has 0 unspecified atom stereocenters. The van der Waals surface area contributed by atoms with Gasteiger partial charge in [0.1, 0.15) is 10.8 Å². The third kappa shape index (κ3) is 5.48. The Morgan fingerprint density at radius 2 is 2.00 bits per heavy atom. The Balaban J connectivity index is 1.53. The summed E-state index contributed by atoms with van der Waals surface area (Å²) in [6.07, 6.45) is 1.41. The number of carbonyl (C=O) groups is 1. The van der Waals surface area contributed by atoms with E-state index in [2.05, 4.69) is 15.5 Å². The van der Waals surface area contributed by atoms with Gasteiger partial charge in [0.15, 0.2) is 5.75 Å². The number of methoxy groups -OCH3 is 1. The van der Waals surface area contributed by atoms with Gasteiger partial charge in [-0.2, -0.15) is 0 Å². The molecule has 3 rings (SSSR count). The molecule has 3 aromatic rings. The van der Waals surface area contributed by atoms with E-state index < -0.39 is 10.8 Å². The molecular weight excluding hydrogens is 396 g/mol. The Labute approximate surface area is 170 Å². The first kappa shape index (κ1) is 20.2. The van der Waals surface area contributed by atoms with Gasteiger partial charge in [-0.15, -0.1) is 10.2 Å². The number of anilines is 1. The first-order chi connectivity index (χ1) is 14.1. The normalized spacial score (nSPS) is 10.4. The van der Waals surface area contributed by atoms with Crippen molar-refractivity contribution in [1.82, 2.24) is 10.2 Å². The smallest absolute Gasteiger partial charge is 0.311 e. The molecular formula is C19H18N4O5S. The van der Waals surface area contributed by atoms with E-state index in [1.807, 2.05) is 30.3 Å². The van der Waals surface area contributed by atoms with Crippen molar-refractivity contribution >= 4 is 28.1 Å². The van der Waals surface area contributed by atoms with Gasteiger partial charge in [-0.3, -0.25) is 20.2 Å². The lowest BCUT2D eigenvalue weighted by atomic mass is 10.2. The summed E-state index contributed by atoms with van der Waals surface area (Å²) in [5.41, 5.74) is -0.151. The highest BCUT2D eigenvalue weighted by molar-refractivity contribution is 7.15. The van der Waals surface area contributed by atoms with Gasteiger partial charge < -0.3 is 9.47 Å². The standard InChI is InChI=1S/C19H18N4O5S/c1-27-16-10-9-13(12-15(16)23(25)26)18(24)20-19-22-21-17(29-19)8-5-11-28-14-6-3-2-4-7-14/h2-4,6-7,9-10,12H,5,8,11H2,1H3,(H,20,22,24). The second-order valence-corrected chi connectivity index (χ2v) is 6.93. The van der Waals surface area contributed by atoms with Crippen LogP contribution in [0.2, 0.25) is 0 Å². The third-order valence-corrected chi connectivity index (χ3v) is 4.77. The van der Waals surface area contributed by atoms with E-state index in [1.54, 1.807) is 0 Å². The van der Waals surface area contributed by atoms with Gasteiger partial charge in [0.2, 0.25) is 5.13 Å². The minimum absolute atomic E-state index is 0.0856. The van der Waals surface area contributed by atoms with Gasteiger partial charge in [0.05, 0.1) is 18.6 Å². The topological polar surface area (TPSA) is 116 Å². The molecule has 1 aromatic heterocycles. The molecule has 29 heavy (non-hydrogen) atoms. The van der Waals surface area contributed by atoms with Crippen LogP contribution >= 0.6 is 11.3 Å². The molecule has 0 bridgehead atoms. The fourth-order valence-corrected chi connectivity index (χ4v) is 3.26. The predicted octanol–water partition coefficient (Wildman–Crippen LogP) is 3.72. The average molecular weight is 414 g/mol. The number of nitrogens with zero attached hydrogens (tertiary/aromatic N) is 3. The van der Waals surface area contributed by atoms with E-state index in [1.165, 1.54) is 30.6 Å². The first-order valence-corrected chi connectivity index (χ1v) is 9.52. The zero-order valence-corrected chi connectivity index (χ0v) is 16.3. The van der Waals surface area contributed by atoms with Crippen LogP contribution < -0.4 is 14.8 Å². The monoisotopic (exact) mass is 414 g/mol. The van der Waals surface area contributed by atoms with Crippen LogP contribution in [0.5, 0.6) is 11.5 Å². The van der Waals surface area contributed by atoms with Crippen molar-refractivity contribution in [3.63, 3.8) is 0 Å². The number of ether oxygens (including phenoxy) is 2. The van der Waals surface area contributed by atoms with E-state index >= 15 is 0 Å². The zero-order valence-electron chi connectivity index (χ0n) is 15.5. The molecule has 1 heterocycles. The SMILES string of the molecule is COc1ccc(C(=O)Nc2nnc(CCCOc3ccccc3)s2)cc1[N+](=O)[O-]. The summed E-state index contributed by atoms with van der Waals surface area (Å²) < 4.78 is 10.6. The maximum atomic E-state index is 12.4. The molecule has 0 aliphatic heterocycles. The van der Waals surface area contributed by atoms with Crippen molar-refractivity contribution in [2.45, 2.75) is 12.8 Å². The van der Waals surface area contributed by atoms with Crippen molar-refractivity contribution < 1.29 is 19.2 Å². The van der Waals surface area contributed by atoms with Crippen molar-refractivity contribution in [3.8, 4) is 11.5 Å². The molecule has 0 aliphatic rings.